The van der Waals surface area contributed by atoms with Gasteiger partial charge >= 0.3 is 5.97 Å². The van der Waals surface area contributed by atoms with E-state index in [0.717, 1.165) is 11.1 Å². The number of rotatable bonds is 7. The van der Waals surface area contributed by atoms with Gasteiger partial charge in [-0.1, -0.05) is 72.8 Å². The van der Waals surface area contributed by atoms with E-state index in [1.165, 1.54) is 4.90 Å². The third kappa shape index (κ3) is 4.87. The van der Waals surface area contributed by atoms with Gasteiger partial charge in [-0.05, 0) is 30.7 Å². The Hall–Kier alpha value is -3.90. The molecular formula is C27H23ClN2O4. The number of nitrogens with one attached hydrogen (secondary N) is 1. The molecule has 3 aromatic rings. The summed E-state index contributed by atoms with van der Waals surface area (Å²) in [6, 6.07) is 21.1. The van der Waals surface area contributed by atoms with Gasteiger partial charge in [-0.25, -0.2) is 0 Å². The van der Waals surface area contributed by atoms with Crippen molar-refractivity contribution in [3.63, 3.8) is 0 Å². The number of fused-ring (bicyclic) bond motifs is 1. The molecule has 1 unspecified atom stereocenters. The maximum absolute atomic E-state index is 13.0. The highest BCUT2D eigenvalue weighted by atomic mass is 35.5. The first kappa shape index (κ1) is 23.3. The van der Waals surface area contributed by atoms with Crippen molar-refractivity contribution in [3.8, 4) is 0 Å². The zero-order valence-corrected chi connectivity index (χ0v) is 19.3. The summed E-state index contributed by atoms with van der Waals surface area (Å²) in [7, 11) is 0. The predicted octanol–water partition coefficient (Wildman–Crippen LogP) is 5.39. The average Bonchev–Trinajstić information content (AvgIpc) is 3.08. The minimum absolute atomic E-state index is 0.0915. The number of hydrogen-bond donors (Lipinski definition) is 1. The Bertz CT molecular complexity index is 1240. The Morgan fingerprint density at radius 2 is 1.71 bits per heavy atom. The summed E-state index contributed by atoms with van der Waals surface area (Å²) in [6.45, 7) is 5.94. The Kier molecular flexibility index (Phi) is 6.80. The van der Waals surface area contributed by atoms with Crippen LogP contribution in [0.3, 0.4) is 0 Å². The number of carbonyl (C=O) groups excluding carboxylic acids is 3. The van der Waals surface area contributed by atoms with Crippen LogP contribution in [0.15, 0.2) is 79.4 Å². The number of halogens is 1. The zero-order chi connectivity index (χ0) is 24.2. The number of ether oxygens (including phenoxy) is 1. The molecule has 3 aromatic carbocycles. The molecular weight excluding hydrogens is 452 g/mol. The fourth-order valence-corrected chi connectivity index (χ4v) is 3.92. The van der Waals surface area contributed by atoms with E-state index in [-0.39, 0.29) is 18.9 Å². The molecule has 0 bridgehead atoms. The molecule has 0 radical (unpaired) electrons. The number of esters is 1. The smallest absolute Gasteiger partial charge is 0.308 e. The molecule has 6 nitrogen and oxygen atoms in total. The van der Waals surface area contributed by atoms with Gasteiger partial charge < -0.3 is 15.0 Å². The van der Waals surface area contributed by atoms with Gasteiger partial charge in [0, 0.05) is 39.6 Å². The van der Waals surface area contributed by atoms with Crippen LogP contribution < -0.4 is 5.32 Å². The van der Waals surface area contributed by atoms with Crippen molar-refractivity contribution in [3.05, 3.63) is 107 Å². The number of benzene rings is 3. The van der Waals surface area contributed by atoms with E-state index in [2.05, 4.69) is 11.9 Å². The van der Waals surface area contributed by atoms with Crippen LogP contribution in [0.25, 0.3) is 5.70 Å². The normalized spacial score (nSPS) is 13.4. The number of amides is 2. The van der Waals surface area contributed by atoms with E-state index in [1.54, 1.807) is 54.6 Å². The molecule has 1 aliphatic rings. The number of aryl methyl sites for hydroxylation is 1. The van der Waals surface area contributed by atoms with Crippen LogP contribution >= 0.6 is 11.6 Å². The molecule has 1 aliphatic heterocycles. The minimum Gasteiger partial charge on any atom is -0.447 e. The fraction of sp³-hybridized carbons (Fsp3) is 0.148. The number of hydrogen-bond acceptors (Lipinski definition) is 4. The molecule has 4 rings (SSSR count). The lowest BCUT2D eigenvalue weighted by Gasteiger charge is -2.20. The molecule has 0 fully saturated rings. The summed E-state index contributed by atoms with van der Waals surface area (Å²) in [5, 5.41) is 3.27. The van der Waals surface area contributed by atoms with E-state index in [4.69, 9.17) is 16.3 Å². The van der Waals surface area contributed by atoms with Crippen molar-refractivity contribution in [2.45, 2.75) is 19.4 Å². The molecule has 172 valence electrons. The molecule has 1 atom stereocenters. The van der Waals surface area contributed by atoms with Gasteiger partial charge in [0.25, 0.3) is 11.8 Å². The Morgan fingerprint density at radius 3 is 2.38 bits per heavy atom. The summed E-state index contributed by atoms with van der Waals surface area (Å²) in [6.07, 6.45) is -1.26. The van der Waals surface area contributed by atoms with Crippen molar-refractivity contribution < 1.29 is 19.1 Å². The van der Waals surface area contributed by atoms with E-state index in [9.17, 15) is 14.4 Å². The lowest BCUT2D eigenvalue weighted by Crippen LogP contribution is -2.29. The maximum atomic E-state index is 13.0. The Balaban J connectivity index is 1.45. The lowest BCUT2D eigenvalue weighted by atomic mass is 10.1. The van der Waals surface area contributed by atoms with Gasteiger partial charge in [0.05, 0.1) is 6.42 Å². The third-order valence-electron chi connectivity index (χ3n) is 5.61. The predicted molar refractivity (Wildman–Crippen MR) is 131 cm³/mol. The summed E-state index contributed by atoms with van der Waals surface area (Å²) in [4.78, 5) is 39.9. The summed E-state index contributed by atoms with van der Waals surface area (Å²) < 4.78 is 5.58. The number of carbonyl (C=O) groups is 3. The van der Waals surface area contributed by atoms with Crippen LogP contribution in [-0.2, 0) is 14.3 Å². The fourth-order valence-electron chi connectivity index (χ4n) is 3.74. The molecule has 0 aromatic heterocycles. The van der Waals surface area contributed by atoms with Gasteiger partial charge in [-0.15, -0.1) is 0 Å². The molecule has 1 N–H and O–H groups in total. The lowest BCUT2D eigenvalue weighted by molar-refractivity contribution is -0.154. The second-order valence-electron chi connectivity index (χ2n) is 7.93. The van der Waals surface area contributed by atoms with Crippen molar-refractivity contribution in [1.82, 2.24) is 4.90 Å². The number of anilines is 1. The molecule has 0 aliphatic carbocycles. The zero-order valence-electron chi connectivity index (χ0n) is 18.6. The van der Waals surface area contributed by atoms with Crippen molar-refractivity contribution in [1.29, 1.82) is 0 Å². The molecule has 0 spiro atoms. The second-order valence-corrected chi connectivity index (χ2v) is 8.34. The highest BCUT2D eigenvalue weighted by molar-refractivity contribution is 6.31. The van der Waals surface area contributed by atoms with Crippen LogP contribution in [0.2, 0.25) is 5.02 Å². The van der Waals surface area contributed by atoms with Gasteiger partial charge in [0.2, 0.25) is 6.10 Å². The van der Waals surface area contributed by atoms with Crippen molar-refractivity contribution in [2.24, 2.45) is 0 Å². The van der Waals surface area contributed by atoms with Crippen LogP contribution in [0.4, 0.5) is 5.69 Å². The number of nitrogens with zero attached hydrogens (tertiary/aromatic N) is 1. The van der Waals surface area contributed by atoms with Crippen LogP contribution in [0, 0.1) is 6.92 Å². The van der Waals surface area contributed by atoms with E-state index in [1.807, 2.05) is 25.1 Å². The minimum atomic E-state index is -1.16. The highest BCUT2D eigenvalue weighted by Crippen LogP contribution is 2.31. The first-order chi connectivity index (χ1) is 16.3. The molecule has 0 saturated carbocycles. The van der Waals surface area contributed by atoms with E-state index < -0.39 is 18.0 Å². The van der Waals surface area contributed by atoms with Crippen molar-refractivity contribution >= 4 is 40.8 Å². The summed E-state index contributed by atoms with van der Waals surface area (Å²) in [5.74, 6) is -1.32. The van der Waals surface area contributed by atoms with E-state index in [0.29, 0.717) is 27.5 Å². The Labute approximate surface area is 202 Å². The van der Waals surface area contributed by atoms with E-state index >= 15 is 0 Å². The van der Waals surface area contributed by atoms with Crippen molar-refractivity contribution in [2.75, 3.05) is 11.9 Å². The van der Waals surface area contributed by atoms with Gasteiger partial charge in [0.15, 0.2) is 0 Å². The third-order valence-corrected chi connectivity index (χ3v) is 6.02. The molecule has 1 heterocycles. The SMILES string of the molecule is C=C1c2ccccc2C(=O)N1CCC(=O)OC(C(=O)Nc1ccc(C)c(Cl)c1)c1ccccc1. The molecule has 7 heteroatoms. The topological polar surface area (TPSA) is 75.7 Å². The summed E-state index contributed by atoms with van der Waals surface area (Å²) in [5.41, 5.74) is 3.75. The highest BCUT2D eigenvalue weighted by Gasteiger charge is 2.31. The monoisotopic (exact) mass is 474 g/mol. The average molecular weight is 475 g/mol. The summed E-state index contributed by atoms with van der Waals surface area (Å²) >= 11 is 6.16. The van der Waals surface area contributed by atoms with Gasteiger partial charge in [0.1, 0.15) is 0 Å². The molecule has 2 amide bonds. The van der Waals surface area contributed by atoms with Crippen LogP contribution in [-0.4, -0.2) is 29.2 Å². The quantitative estimate of drug-likeness (QED) is 0.466. The van der Waals surface area contributed by atoms with Crippen LogP contribution in [0.5, 0.6) is 0 Å². The standard InChI is InChI=1S/C27H23ClN2O4/c1-17-12-13-20(16-23(17)28)29-26(32)25(19-8-4-3-5-9-19)34-24(31)14-15-30-18(2)21-10-6-7-11-22(21)27(30)33/h3-13,16,25H,2,14-15H2,1H3,(H,29,32). The van der Waals surface area contributed by atoms with Gasteiger partial charge in [-0.2, -0.15) is 0 Å². The Morgan fingerprint density at radius 1 is 1.03 bits per heavy atom. The van der Waals surface area contributed by atoms with Crippen LogP contribution in [0.1, 0.15) is 39.6 Å². The maximum Gasteiger partial charge on any atom is 0.308 e. The first-order valence-electron chi connectivity index (χ1n) is 10.8. The largest absolute Gasteiger partial charge is 0.447 e. The molecule has 0 saturated heterocycles. The van der Waals surface area contributed by atoms with Gasteiger partial charge in [-0.3, -0.25) is 14.4 Å². The molecule has 34 heavy (non-hydrogen) atoms. The second kappa shape index (κ2) is 9.93. The first-order valence-corrected chi connectivity index (χ1v) is 11.1.